The van der Waals surface area contributed by atoms with Gasteiger partial charge in [0.15, 0.2) is 0 Å². The summed E-state index contributed by atoms with van der Waals surface area (Å²) < 4.78 is 0. The van der Waals surface area contributed by atoms with E-state index in [0.29, 0.717) is 6.04 Å². The van der Waals surface area contributed by atoms with Crippen molar-refractivity contribution in [2.75, 3.05) is 19.6 Å². The Balaban J connectivity index is 2.29. The molecule has 1 saturated heterocycles. The third kappa shape index (κ3) is 4.06. The van der Waals surface area contributed by atoms with Crippen LogP contribution in [0, 0.1) is 17.3 Å². The van der Waals surface area contributed by atoms with Gasteiger partial charge in [-0.3, -0.25) is 0 Å². The molecule has 0 aromatic carbocycles. The SMILES string of the molecule is CC1CCN(CCC(N)C(C)(C)C)CC1C. The molecule has 0 aliphatic carbocycles. The predicted molar refractivity (Wildman–Crippen MR) is 71.4 cm³/mol. The van der Waals surface area contributed by atoms with E-state index in [1.807, 2.05) is 0 Å². The minimum atomic E-state index is 0.245. The van der Waals surface area contributed by atoms with Gasteiger partial charge in [-0.25, -0.2) is 0 Å². The quantitative estimate of drug-likeness (QED) is 0.802. The molecule has 0 aromatic heterocycles. The van der Waals surface area contributed by atoms with E-state index in [-0.39, 0.29) is 5.41 Å². The van der Waals surface area contributed by atoms with E-state index in [1.165, 1.54) is 26.1 Å². The van der Waals surface area contributed by atoms with Crippen molar-refractivity contribution in [2.24, 2.45) is 23.0 Å². The highest BCUT2D eigenvalue weighted by molar-refractivity contribution is 4.80. The monoisotopic (exact) mass is 226 g/mol. The Kier molecular flexibility index (Phi) is 4.81. The van der Waals surface area contributed by atoms with E-state index in [1.54, 1.807) is 0 Å². The molecule has 3 atom stereocenters. The lowest BCUT2D eigenvalue weighted by Gasteiger charge is -2.37. The molecule has 1 aliphatic heterocycles. The lowest BCUT2D eigenvalue weighted by atomic mass is 9.84. The lowest BCUT2D eigenvalue weighted by Crippen LogP contribution is -2.43. The van der Waals surface area contributed by atoms with Gasteiger partial charge in [0.25, 0.3) is 0 Å². The second-order valence-electron chi connectivity index (χ2n) is 6.81. The zero-order chi connectivity index (χ0) is 12.3. The van der Waals surface area contributed by atoms with Gasteiger partial charge >= 0.3 is 0 Å². The Morgan fingerprint density at radius 3 is 2.38 bits per heavy atom. The number of piperidine rings is 1. The normalized spacial score (nSPS) is 30.4. The van der Waals surface area contributed by atoms with E-state index in [4.69, 9.17) is 5.73 Å². The van der Waals surface area contributed by atoms with Crippen LogP contribution in [0.4, 0.5) is 0 Å². The summed E-state index contributed by atoms with van der Waals surface area (Å²) in [6.07, 6.45) is 2.48. The summed E-state index contributed by atoms with van der Waals surface area (Å²) in [5.41, 5.74) is 6.45. The first-order chi connectivity index (χ1) is 7.30. The Hall–Kier alpha value is -0.0800. The molecular weight excluding hydrogens is 196 g/mol. The van der Waals surface area contributed by atoms with Crippen molar-refractivity contribution in [3.63, 3.8) is 0 Å². The van der Waals surface area contributed by atoms with Crippen molar-refractivity contribution >= 4 is 0 Å². The molecule has 0 amide bonds. The van der Waals surface area contributed by atoms with Crippen molar-refractivity contribution in [1.82, 2.24) is 4.90 Å². The molecule has 1 aliphatic rings. The van der Waals surface area contributed by atoms with Gasteiger partial charge in [0.2, 0.25) is 0 Å². The topological polar surface area (TPSA) is 29.3 Å². The second-order valence-corrected chi connectivity index (χ2v) is 6.81. The Morgan fingerprint density at radius 1 is 1.25 bits per heavy atom. The van der Waals surface area contributed by atoms with Crippen LogP contribution < -0.4 is 5.73 Å². The van der Waals surface area contributed by atoms with Crippen molar-refractivity contribution < 1.29 is 0 Å². The highest BCUT2D eigenvalue weighted by atomic mass is 15.1. The molecule has 1 fully saturated rings. The molecule has 0 aromatic rings. The van der Waals surface area contributed by atoms with Crippen LogP contribution in [0.15, 0.2) is 0 Å². The number of rotatable bonds is 3. The summed E-state index contributed by atoms with van der Waals surface area (Å²) in [6, 6.07) is 0.321. The van der Waals surface area contributed by atoms with Crippen LogP contribution >= 0.6 is 0 Å². The van der Waals surface area contributed by atoms with Gasteiger partial charge in [0.05, 0.1) is 0 Å². The lowest BCUT2D eigenvalue weighted by molar-refractivity contribution is 0.128. The molecular formula is C14H30N2. The second kappa shape index (κ2) is 5.50. The van der Waals surface area contributed by atoms with E-state index >= 15 is 0 Å². The Morgan fingerprint density at radius 2 is 1.88 bits per heavy atom. The summed E-state index contributed by atoms with van der Waals surface area (Å²) >= 11 is 0. The first-order valence-electron chi connectivity index (χ1n) is 6.78. The standard InChI is InChI=1S/C14H30N2/c1-11-6-8-16(10-12(11)2)9-7-13(15)14(3,4)5/h11-13H,6-10,15H2,1-5H3. The summed E-state index contributed by atoms with van der Waals surface area (Å²) in [4.78, 5) is 2.59. The average molecular weight is 226 g/mol. The molecule has 16 heavy (non-hydrogen) atoms. The number of likely N-dealkylation sites (tertiary alicyclic amines) is 1. The Labute approximate surface area is 102 Å². The van der Waals surface area contributed by atoms with Crippen LogP contribution in [0.25, 0.3) is 0 Å². The third-order valence-electron chi connectivity index (χ3n) is 4.29. The average Bonchev–Trinajstić information content (AvgIpc) is 2.18. The molecule has 2 heteroatoms. The van der Waals surface area contributed by atoms with Crippen molar-refractivity contribution in [1.29, 1.82) is 0 Å². The van der Waals surface area contributed by atoms with Crippen LogP contribution in [0.3, 0.4) is 0 Å². The number of nitrogens with two attached hydrogens (primary N) is 1. The molecule has 96 valence electrons. The predicted octanol–water partition coefficient (Wildman–Crippen LogP) is 2.73. The van der Waals surface area contributed by atoms with E-state index in [9.17, 15) is 0 Å². The number of hydrogen-bond donors (Lipinski definition) is 1. The minimum Gasteiger partial charge on any atom is -0.327 e. The van der Waals surface area contributed by atoms with Gasteiger partial charge in [-0.05, 0) is 43.2 Å². The van der Waals surface area contributed by atoms with Crippen molar-refractivity contribution in [3.05, 3.63) is 0 Å². The molecule has 2 nitrogen and oxygen atoms in total. The summed E-state index contributed by atoms with van der Waals surface area (Å²) in [6.45, 7) is 15.2. The van der Waals surface area contributed by atoms with Crippen LogP contribution in [-0.2, 0) is 0 Å². The van der Waals surface area contributed by atoms with Gasteiger partial charge in [0, 0.05) is 12.6 Å². The fourth-order valence-electron chi connectivity index (χ4n) is 2.31. The van der Waals surface area contributed by atoms with E-state index < -0.39 is 0 Å². The van der Waals surface area contributed by atoms with Crippen molar-refractivity contribution in [3.8, 4) is 0 Å². The highest BCUT2D eigenvalue weighted by Gasteiger charge is 2.25. The van der Waals surface area contributed by atoms with Crippen LogP contribution in [0.1, 0.15) is 47.5 Å². The van der Waals surface area contributed by atoms with Gasteiger partial charge in [-0.2, -0.15) is 0 Å². The van der Waals surface area contributed by atoms with Crippen LogP contribution in [-0.4, -0.2) is 30.6 Å². The van der Waals surface area contributed by atoms with Gasteiger partial charge in [0.1, 0.15) is 0 Å². The molecule has 0 radical (unpaired) electrons. The molecule has 1 rings (SSSR count). The molecule has 0 bridgehead atoms. The summed E-state index contributed by atoms with van der Waals surface area (Å²) in [5.74, 6) is 1.74. The van der Waals surface area contributed by atoms with E-state index in [2.05, 4.69) is 39.5 Å². The molecule has 1 heterocycles. The summed E-state index contributed by atoms with van der Waals surface area (Å²) in [7, 11) is 0. The largest absolute Gasteiger partial charge is 0.327 e. The highest BCUT2D eigenvalue weighted by Crippen LogP contribution is 2.24. The summed E-state index contributed by atoms with van der Waals surface area (Å²) in [5, 5.41) is 0. The Bertz CT molecular complexity index is 207. The zero-order valence-corrected chi connectivity index (χ0v) is 11.8. The van der Waals surface area contributed by atoms with Crippen LogP contribution in [0.2, 0.25) is 0 Å². The van der Waals surface area contributed by atoms with Gasteiger partial charge < -0.3 is 10.6 Å². The first kappa shape index (κ1) is 14.0. The maximum absolute atomic E-state index is 6.20. The molecule has 0 spiro atoms. The fraction of sp³-hybridized carbons (Fsp3) is 1.00. The maximum Gasteiger partial charge on any atom is 0.00998 e. The number of nitrogens with zero attached hydrogens (tertiary/aromatic N) is 1. The van der Waals surface area contributed by atoms with Crippen LogP contribution in [0.5, 0.6) is 0 Å². The zero-order valence-electron chi connectivity index (χ0n) is 11.8. The maximum atomic E-state index is 6.20. The molecule has 0 saturated carbocycles. The van der Waals surface area contributed by atoms with Gasteiger partial charge in [-0.15, -0.1) is 0 Å². The smallest absolute Gasteiger partial charge is 0.00998 e. The fourth-order valence-corrected chi connectivity index (χ4v) is 2.31. The third-order valence-corrected chi connectivity index (χ3v) is 4.29. The molecule has 2 N–H and O–H groups in total. The minimum absolute atomic E-state index is 0.245. The molecule has 3 unspecified atom stereocenters. The van der Waals surface area contributed by atoms with Crippen molar-refractivity contribution in [2.45, 2.75) is 53.5 Å². The van der Waals surface area contributed by atoms with E-state index in [0.717, 1.165) is 18.3 Å². The first-order valence-corrected chi connectivity index (χ1v) is 6.78. The van der Waals surface area contributed by atoms with Gasteiger partial charge in [-0.1, -0.05) is 34.6 Å². The number of hydrogen-bond acceptors (Lipinski definition) is 2.